The normalized spacial score (nSPS) is 45.0. The molecule has 0 radical (unpaired) electrons. The fraction of sp³-hybridized carbons (Fsp3) is 1.00. The summed E-state index contributed by atoms with van der Waals surface area (Å²) in [6.07, 6.45) is 0.562. The van der Waals surface area contributed by atoms with Crippen LogP contribution in [0.2, 0.25) is 0 Å². The molecule has 3 heteroatoms. The van der Waals surface area contributed by atoms with Gasteiger partial charge in [-0.25, -0.2) is 0 Å². The number of hydrogen-bond acceptors (Lipinski definition) is 3. The van der Waals surface area contributed by atoms with E-state index >= 15 is 0 Å². The van der Waals surface area contributed by atoms with E-state index in [0.29, 0.717) is 13.0 Å². The Hall–Kier alpha value is -0.120. The maximum atomic E-state index is 8.47. The second kappa shape index (κ2) is 0.932. The van der Waals surface area contributed by atoms with Crippen LogP contribution >= 0.6 is 0 Å². The summed E-state index contributed by atoms with van der Waals surface area (Å²) < 4.78 is 4.45. The van der Waals surface area contributed by atoms with Gasteiger partial charge >= 0.3 is 0 Å². The molecular formula is C3H7NO2. The molecule has 1 saturated heterocycles. The largest absolute Gasteiger partial charge is 0.353 e. The lowest BCUT2D eigenvalue weighted by atomic mass is 10.3. The van der Waals surface area contributed by atoms with Crippen LogP contribution in [0, 0.1) is 0 Å². The standard InChI is InChI=1S/C3H7NO2/c4-3(5)1-2-6-3/h5H,1-2,4H2. The topological polar surface area (TPSA) is 55.5 Å². The van der Waals surface area contributed by atoms with Gasteiger partial charge in [0.1, 0.15) is 0 Å². The number of rotatable bonds is 0. The van der Waals surface area contributed by atoms with Crippen molar-refractivity contribution in [2.45, 2.75) is 12.3 Å². The van der Waals surface area contributed by atoms with Gasteiger partial charge in [-0.1, -0.05) is 0 Å². The molecule has 1 aliphatic heterocycles. The molecule has 3 N–H and O–H groups in total. The van der Waals surface area contributed by atoms with Gasteiger partial charge in [0.25, 0.3) is 0 Å². The predicted octanol–water partition coefficient (Wildman–Crippen LogP) is -0.989. The van der Waals surface area contributed by atoms with E-state index in [4.69, 9.17) is 10.8 Å². The Morgan fingerprint density at radius 2 is 2.17 bits per heavy atom. The fourth-order valence-electron chi connectivity index (χ4n) is 0.311. The maximum absolute atomic E-state index is 8.47. The van der Waals surface area contributed by atoms with Crippen LogP contribution in [0.4, 0.5) is 0 Å². The van der Waals surface area contributed by atoms with Crippen LogP contribution < -0.4 is 5.73 Å². The van der Waals surface area contributed by atoms with E-state index in [1.54, 1.807) is 0 Å². The second-order valence-electron chi connectivity index (χ2n) is 1.44. The minimum atomic E-state index is -1.28. The summed E-state index contributed by atoms with van der Waals surface area (Å²) in [7, 11) is 0. The molecule has 3 nitrogen and oxygen atoms in total. The Kier molecular flexibility index (Phi) is 0.629. The Morgan fingerprint density at radius 1 is 1.83 bits per heavy atom. The number of aliphatic hydroxyl groups is 1. The van der Waals surface area contributed by atoms with Crippen molar-refractivity contribution in [3.63, 3.8) is 0 Å². The third kappa shape index (κ3) is 0.518. The van der Waals surface area contributed by atoms with E-state index in [-0.39, 0.29) is 0 Å². The summed E-state index contributed by atoms with van der Waals surface area (Å²) in [6, 6.07) is 0. The van der Waals surface area contributed by atoms with Crippen LogP contribution in [0.15, 0.2) is 0 Å². The average Bonchev–Trinajstić information content (AvgIpc) is 1.32. The minimum absolute atomic E-state index is 0.562. The highest BCUT2D eigenvalue weighted by Gasteiger charge is 2.30. The summed E-state index contributed by atoms with van der Waals surface area (Å²) in [4.78, 5) is 0. The summed E-state index contributed by atoms with van der Waals surface area (Å²) in [5.74, 6) is -1.28. The van der Waals surface area contributed by atoms with Gasteiger partial charge in [0, 0.05) is 6.42 Å². The highest BCUT2D eigenvalue weighted by Crippen LogP contribution is 2.14. The van der Waals surface area contributed by atoms with Crippen LogP contribution in [-0.4, -0.2) is 17.6 Å². The molecule has 0 saturated carbocycles. The first-order chi connectivity index (χ1) is 2.71. The third-order valence-electron chi connectivity index (χ3n) is 0.812. The molecule has 1 rings (SSSR count). The van der Waals surface area contributed by atoms with Gasteiger partial charge in [-0.05, 0) is 0 Å². The molecule has 0 aromatic rings. The molecule has 6 heavy (non-hydrogen) atoms. The molecule has 0 spiro atoms. The number of ether oxygens (including phenoxy) is 1. The van der Waals surface area contributed by atoms with Crippen molar-refractivity contribution >= 4 is 0 Å². The SMILES string of the molecule is NC1(O)CCO1. The van der Waals surface area contributed by atoms with Gasteiger partial charge in [0.05, 0.1) is 6.61 Å². The van der Waals surface area contributed by atoms with E-state index in [2.05, 4.69) is 4.74 Å². The highest BCUT2D eigenvalue weighted by molar-refractivity contribution is 4.65. The van der Waals surface area contributed by atoms with Crippen LogP contribution in [0.1, 0.15) is 6.42 Å². The molecule has 0 aromatic heterocycles. The Bertz CT molecular complexity index is 55.8. The van der Waals surface area contributed by atoms with Crippen LogP contribution in [0.3, 0.4) is 0 Å². The molecular weight excluding hydrogens is 82.0 g/mol. The van der Waals surface area contributed by atoms with Crippen LogP contribution in [0.5, 0.6) is 0 Å². The molecule has 1 heterocycles. The first kappa shape index (κ1) is 4.05. The van der Waals surface area contributed by atoms with Gasteiger partial charge in [-0.3, -0.25) is 5.73 Å². The van der Waals surface area contributed by atoms with Gasteiger partial charge in [0.2, 0.25) is 5.91 Å². The molecule has 0 amide bonds. The summed E-state index contributed by atoms with van der Waals surface area (Å²) in [5.41, 5.74) is 4.95. The number of nitrogens with two attached hydrogens (primary N) is 1. The Labute approximate surface area is 35.7 Å². The first-order valence-corrected chi connectivity index (χ1v) is 1.86. The molecule has 1 aliphatic rings. The van der Waals surface area contributed by atoms with Crippen molar-refractivity contribution in [3.05, 3.63) is 0 Å². The zero-order valence-corrected chi connectivity index (χ0v) is 3.35. The molecule has 36 valence electrons. The van der Waals surface area contributed by atoms with Crippen molar-refractivity contribution in [2.75, 3.05) is 6.61 Å². The van der Waals surface area contributed by atoms with Gasteiger partial charge in [0.15, 0.2) is 0 Å². The molecule has 1 unspecified atom stereocenters. The first-order valence-electron chi connectivity index (χ1n) is 1.86. The van der Waals surface area contributed by atoms with Crippen molar-refractivity contribution in [1.82, 2.24) is 0 Å². The molecule has 0 bridgehead atoms. The Morgan fingerprint density at radius 3 is 2.17 bits per heavy atom. The Balaban J connectivity index is 2.31. The lowest BCUT2D eigenvalue weighted by Crippen LogP contribution is -2.51. The van der Waals surface area contributed by atoms with Crippen molar-refractivity contribution in [1.29, 1.82) is 0 Å². The summed E-state index contributed by atoms with van der Waals surface area (Å²) in [5, 5.41) is 8.47. The van der Waals surface area contributed by atoms with Crippen LogP contribution in [0.25, 0.3) is 0 Å². The monoisotopic (exact) mass is 89.0 g/mol. The molecule has 0 aliphatic carbocycles. The lowest BCUT2D eigenvalue weighted by Gasteiger charge is -2.31. The lowest BCUT2D eigenvalue weighted by molar-refractivity contribution is -0.277. The zero-order chi connectivity index (χ0) is 4.62. The molecule has 1 fully saturated rings. The second-order valence-corrected chi connectivity index (χ2v) is 1.44. The minimum Gasteiger partial charge on any atom is -0.353 e. The zero-order valence-electron chi connectivity index (χ0n) is 3.35. The molecule has 0 aromatic carbocycles. The van der Waals surface area contributed by atoms with Crippen LogP contribution in [-0.2, 0) is 4.74 Å². The van der Waals surface area contributed by atoms with Crippen molar-refractivity contribution in [3.8, 4) is 0 Å². The summed E-state index contributed by atoms with van der Waals surface area (Å²) >= 11 is 0. The average molecular weight is 89.1 g/mol. The van der Waals surface area contributed by atoms with Crippen molar-refractivity contribution < 1.29 is 9.84 Å². The van der Waals surface area contributed by atoms with Crippen molar-refractivity contribution in [2.24, 2.45) is 5.73 Å². The fourth-order valence-corrected chi connectivity index (χ4v) is 0.311. The summed E-state index contributed by atoms with van der Waals surface area (Å²) in [6.45, 7) is 0.590. The van der Waals surface area contributed by atoms with Gasteiger partial charge < -0.3 is 9.84 Å². The van der Waals surface area contributed by atoms with Gasteiger partial charge in [-0.15, -0.1) is 0 Å². The molecule has 1 atom stereocenters. The number of hydrogen-bond donors (Lipinski definition) is 2. The van der Waals surface area contributed by atoms with E-state index in [0.717, 1.165) is 0 Å². The predicted molar refractivity (Wildman–Crippen MR) is 19.7 cm³/mol. The van der Waals surface area contributed by atoms with Gasteiger partial charge in [-0.2, -0.15) is 0 Å². The van der Waals surface area contributed by atoms with E-state index in [9.17, 15) is 0 Å². The smallest absolute Gasteiger partial charge is 0.224 e. The van der Waals surface area contributed by atoms with E-state index < -0.39 is 5.91 Å². The van der Waals surface area contributed by atoms with E-state index in [1.165, 1.54) is 0 Å². The maximum Gasteiger partial charge on any atom is 0.224 e. The highest BCUT2D eigenvalue weighted by atomic mass is 16.7. The third-order valence-corrected chi connectivity index (χ3v) is 0.812. The quantitative estimate of drug-likeness (QED) is 0.375. The van der Waals surface area contributed by atoms with E-state index in [1.807, 2.05) is 0 Å².